The molecule has 0 atom stereocenters. The minimum absolute atomic E-state index is 0. The third kappa shape index (κ3) is 8.33. The number of aliphatic imine (C=N–C) groups is 1. The van der Waals surface area contributed by atoms with Crippen LogP contribution in [0.4, 0.5) is 5.69 Å². The molecule has 0 aliphatic rings. The van der Waals surface area contributed by atoms with Gasteiger partial charge in [0, 0.05) is 29.9 Å². The number of hydrogen-bond acceptors (Lipinski definition) is 2. The van der Waals surface area contributed by atoms with Gasteiger partial charge in [0.25, 0.3) is 0 Å². The van der Waals surface area contributed by atoms with Gasteiger partial charge < -0.3 is 16.0 Å². The monoisotopic (exact) mass is 496 g/mol. The largest absolute Gasteiger partial charge is 0.356 e. The molecule has 2 aromatic rings. The summed E-state index contributed by atoms with van der Waals surface area (Å²) in [4.78, 5) is 16.1. The zero-order valence-corrected chi connectivity index (χ0v) is 18.0. The molecule has 7 heteroatoms. The van der Waals surface area contributed by atoms with E-state index in [1.54, 1.807) is 31.3 Å². The third-order valence-corrected chi connectivity index (χ3v) is 3.82. The van der Waals surface area contributed by atoms with Crippen molar-refractivity contribution in [2.45, 2.75) is 6.42 Å². The quantitative estimate of drug-likeness (QED) is 0.249. The number of guanidine groups is 1. The molecule has 0 spiro atoms. The predicted octanol–water partition coefficient (Wildman–Crippen LogP) is 3.29. The molecule has 142 valence electrons. The summed E-state index contributed by atoms with van der Waals surface area (Å²) < 4.78 is 0. The molecule has 27 heavy (non-hydrogen) atoms. The molecular formula is C20H22ClIN4O. The van der Waals surface area contributed by atoms with Crippen molar-refractivity contribution in [2.75, 3.05) is 25.5 Å². The highest BCUT2D eigenvalue weighted by atomic mass is 127. The highest BCUT2D eigenvalue weighted by Gasteiger charge is 2.05. The average molecular weight is 497 g/mol. The van der Waals surface area contributed by atoms with E-state index >= 15 is 0 Å². The summed E-state index contributed by atoms with van der Waals surface area (Å²) in [6.07, 6.45) is 6.18. The second kappa shape index (κ2) is 12.2. The standard InChI is InChI=1S/C20H21ClN4O.HI/c1-3-15-5-4-6-18(13-15)25-19(26)14-24-20(22-2)23-12-11-16-7-9-17(21)10-8-16;/h1,4-10,13H,11-12,14H2,2H3,(H,25,26)(H2,22,23,24);1H. The maximum atomic E-state index is 12.0. The number of carbonyl (C=O) groups excluding carboxylic acids is 1. The van der Waals surface area contributed by atoms with Gasteiger partial charge in [-0.1, -0.05) is 35.7 Å². The second-order valence-corrected chi connectivity index (χ2v) is 5.94. The van der Waals surface area contributed by atoms with Crippen LogP contribution in [0.3, 0.4) is 0 Å². The Morgan fingerprint density at radius 3 is 2.59 bits per heavy atom. The van der Waals surface area contributed by atoms with E-state index in [1.165, 1.54) is 5.56 Å². The molecule has 0 saturated carbocycles. The lowest BCUT2D eigenvalue weighted by atomic mass is 10.1. The Labute approximate surface area is 182 Å². The predicted molar refractivity (Wildman–Crippen MR) is 123 cm³/mol. The minimum Gasteiger partial charge on any atom is -0.356 e. The van der Waals surface area contributed by atoms with Gasteiger partial charge >= 0.3 is 0 Å². The summed E-state index contributed by atoms with van der Waals surface area (Å²) in [6, 6.07) is 14.8. The molecule has 0 aromatic heterocycles. The van der Waals surface area contributed by atoms with E-state index in [2.05, 4.69) is 26.9 Å². The van der Waals surface area contributed by atoms with Crippen molar-refractivity contribution < 1.29 is 4.79 Å². The minimum atomic E-state index is -0.181. The van der Waals surface area contributed by atoms with Crippen LogP contribution >= 0.6 is 35.6 Å². The van der Waals surface area contributed by atoms with Crippen LogP contribution in [0.2, 0.25) is 5.02 Å². The van der Waals surface area contributed by atoms with E-state index < -0.39 is 0 Å². The lowest BCUT2D eigenvalue weighted by Gasteiger charge is -2.12. The first-order chi connectivity index (χ1) is 12.6. The van der Waals surface area contributed by atoms with Crippen molar-refractivity contribution in [2.24, 2.45) is 4.99 Å². The average Bonchev–Trinajstić information content (AvgIpc) is 2.66. The van der Waals surface area contributed by atoms with Crippen molar-refractivity contribution in [1.82, 2.24) is 10.6 Å². The normalized spacial score (nSPS) is 10.3. The van der Waals surface area contributed by atoms with E-state index in [0.29, 0.717) is 18.2 Å². The van der Waals surface area contributed by atoms with E-state index in [0.717, 1.165) is 17.0 Å². The van der Waals surface area contributed by atoms with Gasteiger partial charge in [-0.05, 0) is 42.3 Å². The fraction of sp³-hybridized carbons (Fsp3) is 0.200. The van der Waals surface area contributed by atoms with Crippen LogP contribution in [0, 0.1) is 12.3 Å². The Morgan fingerprint density at radius 1 is 1.19 bits per heavy atom. The summed E-state index contributed by atoms with van der Waals surface area (Å²) in [7, 11) is 1.66. The van der Waals surface area contributed by atoms with Crippen LogP contribution in [0.5, 0.6) is 0 Å². The van der Waals surface area contributed by atoms with Crippen LogP contribution in [-0.4, -0.2) is 32.0 Å². The summed E-state index contributed by atoms with van der Waals surface area (Å²) in [6.45, 7) is 0.786. The summed E-state index contributed by atoms with van der Waals surface area (Å²) in [5, 5.41) is 9.66. The van der Waals surface area contributed by atoms with Crippen LogP contribution in [0.25, 0.3) is 0 Å². The molecule has 2 rings (SSSR count). The topological polar surface area (TPSA) is 65.5 Å². The number of benzene rings is 2. The molecule has 5 nitrogen and oxygen atoms in total. The summed E-state index contributed by atoms with van der Waals surface area (Å²) >= 11 is 5.87. The summed E-state index contributed by atoms with van der Waals surface area (Å²) in [5.41, 5.74) is 2.55. The number of terminal acetylenes is 1. The number of amides is 1. The Kier molecular flexibility index (Phi) is 10.3. The summed E-state index contributed by atoms with van der Waals surface area (Å²) in [5.74, 6) is 2.92. The maximum Gasteiger partial charge on any atom is 0.243 e. The zero-order chi connectivity index (χ0) is 18.8. The molecule has 0 heterocycles. The van der Waals surface area contributed by atoms with E-state index in [9.17, 15) is 4.79 Å². The van der Waals surface area contributed by atoms with Crippen molar-refractivity contribution in [3.8, 4) is 12.3 Å². The van der Waals surface area contributed by atoms with Gasteiger partial charge in [0.05, 0.1) is 6.54 Å². The molecule has 0 fully saturated rings. The number of rotatable bonds is 6. The second-order valence-electron chi connectivity index (χ2n) is 5.50. The van der Waals surface area contributed by atoms with Crippen LogP contribution < -0.4 is 16.0 Å². The van der Waals surface area contributed by atoms with Gasteiger partial charge in [0.1, 0.15) is 0 Å². The maximum absolute atomic E-state index is 12.0. The number of nitrogens with one attached hydrogen (secondary N) is 3. The van der Waals surface area contributed by atoms with E-state index in [4.69, 9.17) is 18.0 Å². The van der Waals surface area contributed by atoms with Crippen LogP contribution in [0.15, 0.2) is 53.5 Å². The third-order valence-electron chi connectivity index (χ3n) is 3.57. The fourth-order valence-corrected chi connectivity index (χ4v) is 2.38. The van der Waals surface area contributed by atoms with Crippen LogP contribution in [-0.2, 0) is 11.2 Å². The van der Waals surface area contributed by atoms with Crippen molar-refractivity contribution >= 4 is 53.1 Å². The first-order valence-corrected chi connectivity index (χ1v) is 8.54. The van der Waals surface area contributed by atoms with Gasteiger partial charge in [0.15, 0.2) is 5.96 Å². The SMILES string of the molecule is C#Cc1cccc(NC(=O)CNC(=NC)NCCc2ccc(Cl)cc2)c1.I. The highest BCUT2D eigenvalue weighted by Crippen LogP contribution is 2.10. The van der Waals surface area contributed by atoms with E-state index in [1.807, 2.05) is 24.3 Å². The lowest BCUT2D eigenvalue weighted by Crippen LogP contribution is -2.42. The number of carbonyl (C=O) groups is 1. The molecule has 0 saturated heterocycles. The highest BCUT2D eigenvalue weighted by molar-refractivity contribution is 14.0. The molecule has 0 aliphatic heterocycles. The van der Waals surface area contributed by atoms with E-state index in [-0.39, 0.29) is 36.4 Å². The van der Waals surface area contributed by atoms with Crippen molar-refractivity contribution in [3.05, 3.63) is 64.7 Å². The van der Waals surface area contributed by atoms with Gasteiger partial charge in [-0.2, -0.15) is 0 Å². The Hall–Kier alpha value is -2.24. The van der Waals surface area contributed by atoms with Gasteiger partial charge in [-0.25, -0.2) is 0 Å². The lowest BCUT2D eigenvalue weighted by molar-refractivity contribution is -0.115. The Morgan fingerprint density at radius 2 is 1.93 bits per heavy atom. The van der Waals surface area contributed by atoms with Gasteiger partial charge in [0.2, 0.25) is 5.91 Å². The fourth-order valence-electron chi connectivity index (χ4n) is 2.25. The zero-order valence-electron chi connectivity index (χ0n) is 15.0. The van der Waals surface area contributed by atoms with Gasteiger partial charge in [-0.15, -0.1) is 30.4 Å². The van der Waals surface area contributed by atoms with Crippen molar-refractivity contribution in [1.29, 1.82) is 0 Å². The molecule has 3 N–H and O–H groups in total. The van der Waals surface area contributed by atoms with Crippen molar-refractivity contribution in [3.63, 3.8) is 0 Å². The van der Waals surface area contributed by atoms with Crippen LogP contribution in [0.1, 0.15) is 11.1 Å². The Bertz CT molecular complexity index is 815. The number of hydrogen-bond donors (Lipinski definition) is 3. The molecule has 0 radical (unpaired) electrons. The molecular weight excluding hydrogens is 475 g/mol. The first-order valence-electron chi connectivity index (χ1n) is 8.16. The van der Waals surface area contributed by atoms with Gasteiger partial charge in [-0.3, -0.25) is 9.79 Å². The molecule has 0 bridgehead atoms. The molecule has 0 aliphatic carbocycles. The Balaban J connectivity index is 0.00000364. The number of anilines is 1. The number of halogens is 2. The molecule has 2 aromatic carbocycles. The first kappa shape index (κ1) is 22.8. The number of nitrogens with zero attached hydrogens (tertiary/aromatic N) is 1. The smallest absolute Gasteiger partial charge is 0.243 e. The molecule has 1 amide bonds. The molecule has 0 unspecified atom stereocenters.